The summed E-state index contributed by atoms with van der Waals surface area (Å²) in [5, 5.41) is 9.11. The third kappa shape index (κ3) is 3.92. The average molecular weight is 287 g/mol. The molecule has 0 bridgehead atoms. The highest BCUT2D eigenvalue weighted by atomic mass is 32.2. The number of aliphatic hydroxyl groups is 1. The van der Waals surface area contributed by atoms with Gasteiger partial charge in [-0.05, 0) is 30.5 Å². The third-order valence-corrected chi connectivity index (χ3v) is 4.55. The van der Waals surface area contributed by atoms with Gasteiger partial charge >= 0.3 is 0 Å². The number of sulfonamides is 1. The van der Waals surface area contributed by atoms with Crippen molar-refractivity contribution >= 4 is 10.0 Å². The Morgan fingerprint density at radius 1 is 1.32 bits per heavy atom. The second kappa shape index (κ2) is 6.88. The van der Waals surface area contributed by atoms with Gasteiger partial charge in [-0.1, -0.05) is 19.9 Å². The fourth-order valence-electron chi connectivity index (χ4n) is 1.77. The summed E-state index contributed by atoms with van der Waals surface area (Å²) in [7, 11) is -2.22. The minimum atomic E-state index is -3.65. The summed E-state index contributed by atoms with van der Waals surface area (Å²) in [6, 6.07) is 4.51. The lowest BCUT2D eigenvalue weighted by atomic mass is 10.2. The van der Waals surface area contributed by atoms with Gasteiger partial charge in [0.2, 0.25) is 10.0 Å². The lowest BCUT2D eigenvalue weighted by Crippen LogP contribution is -2.34. The normalized spacial score (nSPS) is 11.8. The number of rotatable bonds is 7. The summed E-state index contributed by atoms with van der Waals surface area (Å²) in [5.41, 5.74) is 0.533. The Labute approximate surface area is 114 Å². The van der Waals surface area contributed by atoms with Crippen LogP contribution in [0, 0.1) is 0 Å². The maximum Gasteiger partial charge on any atom is 0.244 e. The van der Waals surface area contributed by atoms with Crippen molar-refractivity contribution in [2.45, 2.75) is 44.2 Å². The van der Waals surface area contributed by atoms with Gasteiger partial charge in [0.15, 0.2) is 0 Å². The minimum absolute atomic E-state index is 0.0634. The first-order valence-electron chi connectivity index (χ1n) is 6.28. The van der Waals surface area contributed by atoms with E-state index in [1.807, 2.05) is 13.8 Å². The Balaban J connectivity index is 3.18. The SMILES string of the molecule is CCC(CC)NS(=O)(=O)c1cc(CO)ccc1OC. The summed E-state index contributed by atoms with van der Waals surface area (Å²) in [6.07, 6.45) is 1.44. The molecular weight excluding hydrogens is 266 g/mol. The second-order valence-corrected chi connectivity index (χ2v) is 5.96. The Hall–Kier alpha value is -1.11. The van der Waals surface area contributed by atoms with E-state index in [9.17, 15) is 8.42 Å². The highest BCUT2D eigenvalue weighted by molar-refractivity contribution is 7.89. The first kappa shape index (κ1) is 15.9. The average Bonchev–Trinajstić information content (AvgIpc) is 2.43. The number of hydrogen-bond donors (Lipinski definition) is 2. The van der Waals surface area contributed by atoms with Crippen LogP contribution in [-0.2, 0) is 16.6 Å². The van der Waals surface area contributed by atoms with Crippen molar-refractivity contribution in [1.29, 1.82) is 0 Å². The van der Waals surface area contributed by atoms with Crippen molar-refractivity contribution in [1.82, 2.24) is 4.72 Å². The molecule has 0 aromatic heterocycles. The number of aliphatic hydroxyl groups excluding tert-OH is 1. The molecule has 108 valence electrons. The van der Waals surface area contributed by atoms with E-state index >= 15 is 0 Å². The monoisotopic (exact) mass is 287 g/mol. The van der Waals surface area contributed by atoms with Crippen LogP contribution < -0.4 is 9.46 Å². The topological polar surface area (TPSA) is 75.6 Å². The fourth-order valence-corrected chi connectivity index (χ4v) is 3.39. The van der Waals surface area contributed by atoms with Crippen LogP contribution in [0.5, 0.6) is 5.75 Å². The quantitative estimate of drug-likeness (QED) is 0.799. The largest absolute Gasteiger partial charge is 0.495 e. The molecular formula is C13H21NO4S. The van der Waals surface area contributed by atoms with Crippen LogP contribution in [0.4, 0.5) is 0 Å². The van der Waals surface area contributed by atoms with Crippen molar-refractivity contribution in [3.63, 3.8) is 0 Å². The lowest BCUT2D eigenvalue weighted by Gasteiger charge is -2.17. The number of nitrogens with one attached hydrogen (secondary N) is 1. The second-order valence-electron chi connectivity index (χ2n) is 4.28. The van der Waals surface area contributed by atoms with E-state index in [0.29, 0.717) is 5.56 Å². The Kier molecular flexibility index (Phi) is 5.78. The van der Waals surface area contributed by atoms with E-state index in [-0.39, 0.29) is 23.3 Å². The van der Waals surface area contributed by atoms with Crippen molar-refractivity contribution in [3.05, 3.63) is 23.8 Å². The van der Waals surface area contributed by atoms with Gasteiger partial charge in [-0.25, -0.2) is 13.1 Å². The maximum atomic E-state index is 12.3. The number of benzene rings is 1. The van der Waals surface area contributed by atoms with E-state index in [4.69, 9.17) is 9.84 Å². The van der Waals surface area contributed by atoms with Gasteiger partial charge < -0.3 is 9.84 Å². The molecule has 0 aliphatic heterocycles. The van der Waals surface area contributed by atoms with Crippen molar-refractivity contribution < 1.29 is 18.3 Å². The van der Waals surface area contributed by atoms with Crippen molar-refractivity contribution in [3.8, 4) is 5.75 Å². The van der Waals surface area contributed by atoms with Gasteiger partial charge in [0.05, 0.1) is 13.7 Å². The molecule has 0 radical (unpaired) electrons. The third-order valence-electron chi connectivity index (χ3n) is 3.01. The molecule has 0 aliphatic rings. The van der Waals surface area contributed by atoms with Gasteiger partial charge in [-0.15, -0.1) is 0 Å². The number of methoxy groups -OCH3 is 1. The zero-order valence-electron chi connectivity index (χ0n) is 11.5. The molecule has 0 amide bonds. The first-order valence-corrected chi connectivity index (χ1v) is 7.76. The maximum absolute atomic E-state index is 12.3. The predicted octanol–water partition coefficient (Wildman–Crippen LogP) is 1.65. The van der Waals surface area contributed by atoms with Crippen LogP contribution >= 0.6 is 0 Å². The zero-order chi connectivity index (χ0) is 14.5. The highest BCUT2D eigenvalue weighted by Crippen LogP contribution is 2.25. The van der Waals surface area contributed by atoms with Crippen LogP contribution in [-0.4, -0.2) is 26.7 Å². The molecule has 0 atom stereocenters. The summed E-state index contributed by atoms with van der Waals surface area (Å²) >= 11 is 0. The molecule has 0 heterocycles. The molecule has 5 nitrogen and oxygen atoms in total. The summed E-state index contributed by atoms with van der Waals surface area (Å²) in [5.74, 6) is 0.274. The van der Waals surface area contributed by atoms with Crippen LogP contribution in [0.1, 0.15) is 32.3 Å². The fraction of sp³-hybridized carbons (Fsp3) is 0.538. The van der Waals surface area contributed by atoms with Gasteiger partial charge in [-0.2, -0.15) is 0 Å². The van der Waals surface area contributed by atoms with Gasteiger partial charge in [0.25, 0.3) is 0 Å². The van der Waals surface area contributed by atoms with Gasteiger partial charge in [-0.3, -0.25) is 0 Å². The Morgan fingerprint density at radius 2 is 1.95 bits per heavy atom. The molecule has 0 saturated heterocycles. The molecule has 0 spiro atoms. The van der Waals surface area contributed by atoms with Crippen LogP contribution in [0.25, 0.3) is 0 Å². The lowest BCUT2D eigenvalue weighted by molar-refractivity contribution is 0.281. The van der Waals surface area contributed by atoms with Crippen LogP contribution in [0.15, 0.2) is 23.1 Å². The molecule has 2 N–H and O–H groups in total. The van der Waals surface area contributed by atoms with Crippen LogP contribution in [0.2, 0.25) is 0 Å². The van der Waals surface area contributed by atoms with E-state index in [2.05, 4.69) is 4.72 Å². The number of hydrogen-bond acceptors (Lipinski definition) is 4. The summed E-state index contributed by atoms with van der Waals surface area (Å²) < 4.78 is 32.4. The van der Waals surface area contributed by atoms with Crippen LogP contribution in [0.3, 0.4) is 0 Å². The van der Waals surface area contributed by atoms with E-state index in [1.165, 1.54) is 13.2 Å². The first-order chi connectivity index (χ1) is 8.98. The van der Waals surface area contributed by atoms with Crippen molar-refractivity contribution in [2.75, 3.05) is 7.11 Å². The zero-order valence-corrected chi connectivity index (χ0v) is 12.3. The minimum Gasteiger partial charge on any atom is -0.495 e. The highest BCUT2D eigenvalue weighted by Gasteiger charge is 2.22. The molecule has 1 aromatic rings. The molecule has 0 aliphatic carbocycles. The molecule has 1 rings (SSSR count). The molecule has 0 fully saturated rings. The van der Waals surface area contributed by atoms with Gasteiger partial charge in [0.1, 0.15) is 10.6 Å². The van der Waals surface area contributed by atoms with E-state index < -0.39 is 10.0 Å². The summed E-state index contributed by atoms with van der Waals surface area (Å²) in [4.78, 5) is 0.0634. The summed E-state index contributed by atoms with van der Waals surface area (Å²) in [6.45, 7) is 3.65. The predicted molar refractivity (Wildman–Crippen MR) is 73.6 cm³/mol. The smallest absolute Gasteiger partial charge is 0.244 e. The van der Waals surface area contributed by atoms with E-state index in [1.54, 1.807) is 12.1 Å². The number of ether oxygens (including phenoxy) is 1. The molecule has 0 unspecified atom stereocenters. The Bertz CT molecular complexity index is 509. The van der Waals surface area contributed by atoms with E-state index in [0.717, 1.165) is 12.8 Å². The molecule has 19 heavy (non-hydrogen) atoms. The van der Waals surface area contributed by atoms with Gasteiger partial charge in [0, 0.05) is 6.04 Å². The molecule has 6 heteroatoms. The Morgan fingerprint density at radius 3 is 2.42 bits per heavy atom. The molecule has 0 saturated carbocycles. The molecule has 1 aromatic carbocycles. The standard InChI is InChI=1S/C13H21NO4S/c1-4-11(5-2)14-19(16,17)13-8-10(9-15)6-7-12(13)18-3/h6-8,11,14-15H,4-5,9H2,1-3H3. The van der Waals surface area contributed by atoms with Crippen molar-refractivity contribution in [2.24, 2.45) is 0 Å².